The molecule has 1 N–H and O–H groups in total. The summed E-state index contributed by atoms with van der Waals surface area (Å²) in [5, 5.41) is 4.00. The van der Waals surface area contributed by atoms with Gasteiger partial charge in [-0.3, -0.25) is 0 Å². The summed E-state index contributed by atoms with van der Waals surface area (Å²) < 4.78 is 13.2. The monoisotopic (exact) mass is 277 g/mol. The molecule has 2 rings (SSSR count). The maximum absolute atomic E-state index is 13.2. The summed E-state index contributed by atoms with van der Waals surface area (Å²) in [5.74, 6) is 0.382. The van der Waals surface area contributed by atoms with Gasteiger partial charge in [-0.2, -0.15) is 0 Å². The van der Waals surface area contributed by atoms with E-state index in [9.17, 15) is 4.39 Å². The lowest BCUT2D eigenvalue weighted by Crippen LogP contribution is -2.05. The lowest BCUT2D eigenvalue weighted by atomic mass is 10.3. The van der Waals surface area contributed by atoms with Crippen molar-refractivity contribution in [3.8, 4) is 0 Å². The van der Waals surface area contributed by atoms with E-state index in [1.807, 2.05) is 13.0 Å². The maximum Gasteiger partial charge on any atom is 0.223 e. The minimum atomic E-state index is -0.235. The van der Waals surface area contributed by atoms with Gasteiger partial charge in [0, 0.05) is 23.2 Å². The molecule has 0 unspecified atom stereocenters. The first kappa shape index (κ1) is 13.8. The molecule has 19 heavy (non-hydrogen) atoms. The number of benzene rings is 1. The summed E-state index contributed by atoms with van der Waals surface area (Å²) in [5.41, 5.74) is 0.983. The second-order valence-electron chi connectivity index (χ2n) is 4.17. The topological polar surface area (TPSA) is 37.8 Å². The van der Waals surface area contributed by atoms with Crippen LogP contribution in [-0.2, 0) is 0 Å². The minimum absolute atomic E-state index is 0.235. The largest absolute Gasteiger partial charge is 0.354 e. The Morgan fingerprint density at radius 1 is 1.37 bits per heavy atom. The highest BCUT2D eigenvalue weighted by molar-refractivity contribution is 7.99. The van der Waals surface area contributed by atoms with E-state index in [1.165, 1.54) is 23.9 Å². The number of hydrogen-bond acceptors (Lipinski definition) is 4. The van der Waals surface area contributed by atoms with Crippen LogP contribution < -0.4 is 5.32 Å². The zero-order valence-electron chi connectivity index (χ0n) is 11.0. The van der Waals surface area contributed by atoms with E-state index in [2.05, 4.69) is 22.2 Å². The number of nitrogens with zero attached hydrogens (tertiary/aromatic N) is 2. The number of hydrogen-bond donors (Lipinski definition) is 1. The first-order valence-corrected chi connectivity index (χ1v) is 7.01. The SMILES string of the molecule is CCCNc1ncc(C)c(Sc2cccc(F)c2)n1. The van der Waals surface area contributed by atoms with Crippen LogP contribution in [0.4, 0.5) is 10.3 Å². The molecule has 0 aliphatic carbocycles. The van der Waals surface area contributed by atoms with Gasteiger partial charge in [-0.05, 0) is 31.5 Å². The fourth-order valence-electron chi connectivity index (χ4n) is 1.49. The molecule has 0 radical (unpaired) electrons. The Morgan fingerprint density at radius 2 is 2.21 bits per heavy atom. The van der Waals surface area contributed by atoms with Gasteiger partial charge in [-0.1, -0.05) is 24.8 Å². The third-order valence-electron chi connectivity index (χ3n) is 2.47. The molecule has 0 spiro atoms. The molecule has 3 nitrogen and oxygen atoms in total. The van der Waals surface area contributed by atoms with Crippen LogP contribution >= 0.6 is 11.8 Å². The molecule has 0 amide bonds. The first-order valence-electron chi connectivity index (χ1n) is 6.20. The predicted octanol–water partition coefficient (Wildman–Crippen LogP) is 3.90. The molecule has 0 fully saturated rings. The van der Waals surface area contributed by atoms with Gasteiger partial charge in [0.15, 0.2) is 0 Å². The standard InChI is InChI=1S/C14H16FN3S/c1-3-7-16-14-17-9-10(2)13(18-14)19-12-6-4-5-11(15)8-12/h4-6,8-9H,3,7H2,1-2H3,(H,16,17,18). The van der Waals surface area contributed by atoms with Gasteiger partial charge in [0.05, 0.1) is 0 Å². The Kier molecular flexibility index (Phi) is 4.74. The van der Waals surface area contributed by atoms with E-state index in [0.717, 1.165) is 28.5 Å². The van der Waals surface area contributed by atoms with Gasteiger partial charge in [-0.15, -0.1) is 0 Å². The van der Waals surface area contributed by atoms with E-state index in [1.54, 1.807) is 12.3 Å². The zero-order chi connectivity index (χ0) is 13.7. The van der Waals surface area contributed by atoms with Crippen LogP contribution in [0.1, 0.15) is 18.9 Å². The Morgan fingerprint density at radius 3 is 2.95 bits per heavy atom. The van der Waals surface area contributed by atoms with E-state index >= 15 is 0 Å². The first-order chi connectivity index (χ1) is 9.19. The summed E-state index contributed by atoms with van der Waals surface area (Å²) in [7, 11) is 0. The van der Waals surface area contributed by atoms with Crippen molar-refractivity contribution in [2.45, 2.75) is 30.2 Å². The Hall–Kier alpha value is -1.62. The molecule has 0 aliphatic rings. The molecule has 0 saturated heterocycles. The molecule has 5 heteroatoms. The molecular formula is C14H16FN3S. The molecule has 0 atom stereocenters. The Bertz CT molecular complexity index is 560. The van der Waals surface area contributed by atoms with Crippen molar-refractivity contribution in [3.05, 3.63) is 41.8 Å². The van der Waals surface area contributed by atoms with Crippen molar-refractivity contribution in [3.63, 3.8) is 0 Å². The van der Waals surface area contributed by atoms with Gasteiger partial charge in [0.25, 0.3) is 0 Å². The summed E-state index contributed by atoms with van der Waals surface area (Å²) in [6, 6.07) is 6.51. The highest BCUT2D eigenvalue weighted by Crippen LogP contribution is 2.29. The summed E-state index contributed by atoms with van der Waals surface area (Å²) in [4.78, 5) is 9.52. The van der Waals surface area contributed by atoms with Gasteiger partial charge in [-0.25, -0.2) is 14.4 Å². The third kappa shape index (κ3) is 3.92. The highest BCUT2D eigenvalue weighted by atomic mass is 32.2. The molecule has 0 saturated carbocycles. The average Bonchev–Trinajstić information content (AvgIpc) is 2.40. The maximum atomic E-state index is 13.2. The molecule has 1 aromatic heterocycles. The van der Waals surface area contributed by atoms with Gasteiger partial charge in [0.1, 0.15) is 10.8 Å². The molecular weight excluding hydrogens is 261 g/mol. The van der Waals surface area contributed by atoms with Crippen LogP contribution in [0.15, 0.2) is 40.4 Å². The fraction of sp³-hybridized carbons (Fsp3) is 0.286. The van der Waals surface area contributed by atoms with Crippen molar-refractivity contribution in [2.24, 2.45) is 0 Å². The fourth-order valence-corrected chi connectivity index (χ4v) is 2.38. The van der Waals surface area contributed by atoms with Crippen molar-refractivity contribution >= 4 is 17.7 Å². The van der Waals surface area contributed by atoms with Crippen molar-refractivity contribution in [1.29, 1.82) is 0 Å². The molecule has 0 bridgehead atoms. The third-order valence-corrected chi connectivity index (χ3v) is 3.57. The van der Waals surface area contributed by atoms with Gasteiger partial charge in [0.2, 0.25) is 5.95 Å². The molecule has 0 aliphatic heterocycles. The van der Waals surface area contributed by atoms with Crippen molar-refractivity contribution in [1.82, 2.24) is 9.97 Å². The van der Waals surface area contributed by atoms with Crippen LogP contribution in [0.3, 0.4) is 0 Å². The second kappa shape index (κ2) is 6.52. The Balaban J connectivity index is 2.19. The summed E-state index contributed by atoms with van der Waals surface area (Å²) >= 11 is 1.44. The normalized spacial score (nSPS) is 10.5. The van der Waals surface area contributed by atoms with Crippen molar-refractivity contribution in [2.75, 3.05) is 11.9 Å². The van der Waals surface area contributed by atoms with Gasteiger partial charge >= 0.3 is 0 Å². The smallest absolute Gasteiger partial charge is 0.223 e. The number of aromatic nitrogens is 2. The van der Waals surface area contributed by atoms with Gasteiger partial charge < -0.3 is 5.32 Å². The Labute approximate surface area is 116 Å². The molecule has 100 valence electrons. The average molecular weight is 277 g/mol. The van der Waals surface area contributed by atoms with Crippen LogP contribution in [-0.4, -0.2) is 16.5 Å². The highest BCUT2D eigenvalue weighted by Gasteiger charge is 2.06. The number of nitrogens with one attached hydrogen (secondary N) is 1. The van der Waals surface area contributed by atoms with E-state index in [-0.39, 0.29) is 5.82 Å². The number of rotatable bonds is 5. The quantitative estimate of drug-likeness (QED) is 0.841. The lowest BCUT2D eigenvalue weighted by Gasteiger charge is -2.08. The van der Waals surface area contributed by atoms with Crippen LogP contribution in [0.5, 0.6) is 0 Å². The van der Waals surface area contributed by atoms with E-state index < -0.39 is 0 Å². The van der Waals surface area contributed by atoms with Crippen LogP contribution in [0.25, 0.3) is 0 Å². The number of halogens is 1. The zero-order valence-corrected chi connectivity index (χ0v) is 11.8. The molecule has 2 aromatic rings. The number of anilines is 1. The summed E-state index contributed by atoms with van der Waals surface area (Å²) in [6.07, 6.45) is 2.80. The lowest BCUT2D eigenvalue weighted by molar-refractivity contribution is 0.624. The van der Waals surface area contributed by atoms with Crippen LogP contribution in [0.2, 0.25) is 0 Å². The molecule has 1 heterocycles. The van der Waals surface area contributed by atoms with Crippen molar-refractivity contribution < 1.29 is 4.39 Å². The minimum Gasteiger partial charge on any atom is -0.354 e. The predicted molar refractivity (Wildman–Crippen MR) is 76.1 cm³/mol. The summed E-state index contributed by atoms with van der Waals surface area (Å²) in [6.45, 7) is 4.88. The van der Waals surface area contributed by atoms with Crippen LogP contribution in [0, 0.1) is 12.7 Å². The number of aryl methyl sites for hydroxylation is 1. The van der Waals surface area contributed by atoms with E-state index in [0.29, 0.717) is 5.95 Å². The van der Waals surface area contributed by atoms with E-state index in [4.69, 9.17) is 0 Å². The second-order valence-corrected chi connectivity index (χ2v) is 5.23. The molecule has 1 aromatic carbocycles.